The van der Waals surface area contributed by atoms with Crippen LogP contribution in [0.5, 0.6) is 5.75 Å². The van der Waals surface area contributed by atoms with Crippen LogP contribution in [0.15, 0.2) is 24.3 Å². The first-order chi connectivity index (χ1) is 12.4. The SMILES string of the molecule is COc1cccc(-c2nc(N3CCCN(C)CC3)nc(C(Cl)(Cl)Cl)n2)c1. The van der Waals surface area contributed by atoms with Crippen LogP contribution in [0.1, 0.15) is 12.2 Å². The van der Waals surface area contributed by atoms with Crippen molar-refractivity contribution in [3.8, 4) is 17.1 Å². The Morgan fingerprint density at radius 3 is 2.58 bits per heavy atom. The number of anilines is 1. The molecule has 1 saturated heterocycles. The van der Waals surface area contributed by atoms with Crippen molar-refractivity contribution in [2.45, 2.75) is 10.2 Å². The molecule has 0 N–H and O–H groups in total. The number of nitrogens with zero attached hydrogens (tertiary/aromatic N) is 5. The average molecular weight is 417 g/mol. The molecule has 2 heterocycles. The smallest absolute Gasteiger partial charge is 0.250 e. The second kappa shape index (κ2) is 8.13. The summed E-state index contributed by atoms with van der Waals surface area (Å²) < 4.78 is 3.56. The van der Waals surface area contributed by atoms with Crippen LogP contribution in [-0.2, 0) is 3.79 Å². The van der Waals surface area contributed by atoms with Crippen molar-refractivity contribution in [1.82, 2.24) is 19.9 Å². The van der Waals surface area contributed by atoms with E-state index in [1.54, 1.807) is 7.11 Å². The van der Waals surface area contributed by atoms with Gasteiger partial charge in [0, 0.05) is 25.2 Å². The van der Waals surface area contributed by atoms with Crippen molar-refractivity contribution in [1.29, 1.82) is 0 Å². The highest BCUT2D eigenvalue weighted by Gasteiger charge is 2.29. The molecule has 1 aliphatic heterocycles. The van der Waals surface area contributed by atoms with Crippen molar-refractivity contribution in [2.24, 2.45) is 0 Å². The topological polar surface area (TPSA) is 54.4 Å². The minimum atomic E-state index is -1.73. The van der Waals surface area contributed by atoms with Crippen LogP contribution in [0, 0.1) is 0 Å². The van der Waals surface area contributed by atoms with Gasteiger partial charge in [0.2, 0.25) is 9.74 Å². The van der Waals surface area contributed by atoms with Gasteiger partial charge in [-0.15, -0.1) is 0 Å². The fraction of sp³-hybridized carbons (Fsp3) is 0.471. The molecule has 26 heavy (non-hydrogen) atoms. The van der Waals surface area contributed by atoms with Crippen LogP contribution < -0.4 is 9.64 Å². The Balaban J connectivity index is 2.04. The molecular weight excluding hydrogens is 397 g/mol. The molecule has 0 saturated carbocycles. The molecule has 1 aromatic heterocycles. The van der Waals surface area contributed by atoms with Crippen molar-refractivity contribution in [3.63, 3.8) is 0 Å². The Morgan fingerprint density at radius 1 is 1.04 bits per heavy atom. The number of methoxy groups -OCH3 is 1. The van der Waals surface area contributed by atoms with Crippen molar-refractivity contribution in [3.05, 3.63) is 30.1 Å². The fourth-order valence-corrected chi connectivity index (χ4v) is 3.02. The maximum absolute atomic E-state index is 6.07. The van der Waals surface area contributed by atoms with Gasteiger partial charge in [0.25, 0.3) is 0 Å². The Bertz CT molecular complexity index is 768. The zero-order valence-corrected chi connectivity index (χ0v) is 16.9. The van der Waals surface area contributed by atoms with Crippen LogP contribution in [0.2, 0.25) is 0 Å². The number of rotatable bonds is 3. The lowest BCUT2D eigenvalue weighted by molar-refractivity contribution is 0.360. The largest absolute Gasteiger partial charge is 0.497 e. The van der Waals surface area contributed by atoms with Gasteiger partial charge in [-0.25, -0.2) is 4.98 Å². The number of halogens is 3. The summed E-state index contributed by atoms with van der Waals surface area (Å²) in [5, 5.41) is 0. The van der Waals surface area contributed by atoms with Crippen LogP contribution >= 0.6 is 34.8 Å². The molecule has 6 nitrogen and oxygen atoms in total. The highest BCUT2D eigenvalue weighted by atomic mass is 35.6. The summed E-state index contributed by atoms with van der Waals surface area (Å²) in [4.78, 5) is 17.8. The van der Waals surface area contributed by atoms with Crippen LogP contribution in [0.3, 0.4) is 0 Å². The van der Waals surface area contributed by atoms with E-state index < -0.39 is 3.79 Å². The average Bonchev–Trinajstić information content (AvgIpc) is 2.85. The predicted molar refractivity (Wildman–Crippen MR) is 105 cm³/mol. The van der Waals surface area contributed by atoms with Gasteiger partial charge in [-0.2, -0.15) is 9.97 Å². The van der Waals surface area contributed by atoms with E-state index in [4.69, 9.17) is 39.5 Å². The molecule has 1 aliphatic rings. The highest BCUT2D eigenvalue weighted by Crippen LogP contribution is 2.37. The molecule has 0 unspecified atom stereocenters. The predicted octanol–water partition coefficient (Wildman–Crippen LogP) is 3.52. The maximum atomic E-state index is 6.07. The minimum absolute atomic E-state index is 0.114. The molecule has 1 aromatic carbocycles. The van der Waals surface area contributed by atoms with E-state index in [0.717, 1.165) is 38.2 Å². The normalized spacial score (nSPS) is 16.4. The molecular formula is C17H20Cl3N5O. The van der Waals surface area contributed by atoms with Crippen LogP contribution in [0.4, 0.5) is 5.95 Å². The lowest BCUT2D eigenvalue weighted by Crippen LogP contribution is -2.31. The Hall–Kier alpha value is -1.34. The number of aromatic nitrogens is 3. The summed E-state index contributed by atoms with van der Waals surface area (Å²) >= 11 is 18.2. The number of likely N-dealkylation sites (N-methyl/N-ethyl adjacent to an activating group) is 1. The molecule has 0 aliphatic carbocycles. The second-order valence-electron chi connectivity index (χ2n) is 6.16. The number of hydrogen-bond acceptors (Lipinski definition) is 6. The third-order valence-electron chi connectivity index (χ3n) is 4.21. The number of ether oxygens (including phenoxy) is 1. The number of hydrogen-bond donors (Lipinski definition) is 0. The Labute approximate surface area is 168 Å². The van der Waals surface area contributed by atoms with Crippen molar-refractivity contribution < 1.29 is 4.74 Å². The molecule has 2 aromatic rings. The fourth-order valence-electron chi connectivity index (χ4n) is 2.77. The summed E-state index contributed by atoms with van der Waals surface area (Å²) in [5.41, 5.74) is 0.774. The standard InChI is InChI=1S/C17H20Cl3N5O/c1-24-7-4-8-25(10-9-24)16-22-14(21-15(23-16)17(18,19)20)12-5-3-6-13(11-12)26-2/h3,5-6,11H,4,7-10H2,1-2H3. The third kappa shape index (κ3) is 4.68. The Kier molecular flexibility index (Phi) is 6.07. The molecule has 9 heteroatoms. The molecule has 1 fully saturated rings. The van der Waals surface area contributed by atoms with E-state index in [2.05, 4.69) is 31.8 Å². The monoisotopic (exact) mass is 415 g/mol. The van der Waals surface area contributed by atoms with Crippen molar-refractivity contribution in [2.75, 3.05) is 45.2 Å². The van der Waals surface area contributed by atoms with Crippen LogP contribution in [0.25, 0.3) is 11.4 Å². The molecule has 0 amide bonds. The minimum Gasteiger partial charge on any atom is -0.497 e. The van der Waals surface area contributed by atoms with E-state index in [9.17, 15) is 0 Å². The van der Waals surface area contributed by atoms with E-state index in [1.807, 2.05) is 24.3 Å². The van der Waals surface area contributed by atoms with Gasteiger partial charge in [0.15, 0.2) is 11.6 Å². The van der Waals surface area contributed by atoms with Gasteiger partial charge in [0.05, 0.1) is 7.11 Å². The Morgan fingerprint density at radius 2 is 1.85 bits per heavy atom. The van der Waals surface area contributed by atoms with E-state index in [0.29, 0.717) is 17.5 Å². The summed E-state index contributed by atoms with van der Waals surface area (Å²) in [5.74, 6) is 1.79. The molecule has 3 rings (SSSR count). The third-order valence-corrected chi connectivity index (χ3v) is 4.71. The zero-order valence-electron chi connectivity index (χ0n) is 14.6. The molecule has 0 radical (unpaired) electrons. The number of benzene rings is 1. The van der Waals surface area contributed by atoms with Crippen molar-refractivity contribution >= 4 is 40.8 Å². The van der Waals surface area contributed by atoms with Gasteiger partial charge in [0.1, 0.15) is 5.75 Å². The van der Waals surface area contributed by atoms with Gasteiger partial charge in [-0.05, 0) is 32.1 Å². The number of alkyl halides is 3. The van der Waals surface area contributed by atoms with Gasteiger partial charge in [-0.3, -0.25) is 0 Å². The molecule has 0 spiro atoms. The molecule has 0 atom stereocenters. The first-order valence-electron chi connectivity index (χ1n) is 8.28. The van der Waals surface area contributed by atoms with E-state index in [-0.39, 0.29) is 5.82 Å². The van der Waals surface area contributed by atoms with Gasteiger partial charge < -0.3 is 14.5 Å². The first-order valence-corrected chi connectivity index (χ1v) is 9.41. The highest BCUT2D eigenvalue weighted by molar-refractivity contribution is 6.66. The summed E-state index contributed by atoms with van der Waals surface area (Å²) in [7, 11) is 3.71. The summed E-state index contributed by atoms with van der Waals surface area (Å²) in [6, 6.07) is 7.46. The van der Waals surface area contributed by atoms with Gasteiger partial charge >= 0.3 is 0 Å². The summed E-state index contributed by atoms with van der Waals surface area (Å²) in [6.07, 6.45) is 1.01. The van der Waals surface area contributed by atoms with Crippen LogP contribution in [-0.4, -0.2) is 60.2 Å². The second-order valence-corrected chi connectivity index (χ2v) is 8.44. The first kappa shape index (κ1) is 19.4. The zero-order chi connectivity index (χ0) is 18.7. The summed E-state index contributed by atoms with van der Waals surface area (Å²) in [6.45, 7) is 3.59. The van der Waals surface area contributed by atoms with E-state index >= 15 is 0 Å². The molecule has 140 valence electrons. The molecule has 0 bridgehead atoms. The lowest BCUT2D eigenvalue weighted by Gasteiger charge is -2.22. The maximum Gasteiger partial charge on any atom is 0.250 e. The van der Waals surface area contributed by atoms with E-state index in [1.165, 1.54) is 0 Å². The van der Waals surface area contributed by atoms with Gasteiger partial charge in [-0.1, -0.05) is 46.9 Å². The quantitative estimate of drug-likeness (QED) is 0.714. The lowest BCUT2D eigenvalue weighted by atomic mass is 10.2.